The average Bonchev–Trinajstić information content (AvgIpc) is 3.62. The zero-order chi connectivity index (χ0) is 42.2. The van der Waals surface area contributed by atoms with Crippen LogP contribution in [0, 0.1) is 17.8 Å². The third-order valence-electron chi connectivity index (χ3n) is 12.9. The monoisotopic (exact) mass is 854 g/mol. The van der Waals surface area contributed by atoms with Gasteiger partial charge >= 0.3 is 13.8 Å². The van der Waals surface area contributed by atoms with Gasteiger partial charge in [0.15, 0.2) is 14.9 Å². The SMILES string of the molecule is CCCCC[C@@H](CC[C@H]1C(O[Si](CC)(CC)CC)C[C@@H]2Cc3c(cccc3OCC(=O)OCc3ccccc3)C[C@@H]21)OP(=O)(OCc1ccccc1)OCc1ccccc1. The highest BCUT2D eigenvalue weighted by atomic mass is 31.2. The summed E-state index contributed by atoms with van der Waals surface area (Å²) in [5, 5.41) is 0. The number of carbonyl (C=O) groups excluding carboxylic acids is 1. The Morgan fingerprint density at radius 3 is 1.90 bits per heavy atom. The van der Waals surface area contributed by atoms with Gasteiger partial charge in [0.05, 0.1) is 19.3 Å². The lowest BCUT2D eigenvalue weighted by Gasteiger charge is -2.36. The number of carbonyl (C=O) groups is 1. The summed E-state index contributed by atoms with van der Waals surface area (Å²) >= 11 is 0. The van der Waals surface area contributed by atoms with Gasteiger partial charge in [0, 0.05) is 6.10 Å². The predicted octanol–water partition coefficient (Wildman–Crippen LogP) is 12.8. The van der Waals surface area contributed by atoms with Gasteiger partial charge < -0.3 is 13.9 Å². The third-order valence-corrected chi connectivity index (χ3v) is 19.1. The molecule has 10 heteroatoms. The number of hydrogen-bond donors (Lipinski definition) is 0. The highest BCUT2D eigenvalue weighted by Gasteiger charge is 2.48. The first-order valence-electron chi connectivity index (χ1n) is 22.5. The van der Waals surface area contributed by atoms with E-state index in [0.717, 1.165) is 98.4 Å². The Morgan fingerprint density at radius 1 is 0.717 bits per heavy atom. The molecule has 8 nitrogen and oxygen atoms in total. The largest absolute Gasteiger partial charge is 0.482 e. The van der Waals surface area contributed by atoms with Crippen LogP contribution in [0.25, 0.3) is 0 Å². The lowest BCUT2D eigenvalue weighted by Crippen LogP contribution is -2.42. The van der Waals surface area contributed by atoms with Gasteiger partial charge in [-0.3, -0.25) is 13.6 Å². The number of ether oxygens (including phenoxy) is 2. The van der Waals surface area contributed by atoms with Crippen LogP contribution < -0.4 is 4.74 Å². The summed E-state index contributed by atoms with van der Waals surface area (Å²) in [5.74, 6) is 1.57. The van der Waals surface area contributed by atoms with E-state index in [1.54, 1.807) is 0 Å². The minimum absolute atomic E-state index is 0.128. The topological polar surface area (TPSA) is 89.5 Å². The van der Waals surface area contributed by atoms with Crippen LogP contribution in [-0.4, -0.2) is 33.1 Å². The molecule has 2 aliphatic rings. The highest BCUT2D eigenvalue weighted by Crippen LogP contribution is 2.55. The zero-order valence-electron chi connectivity index (χ0n) is 36.3. The van der Waals surface area contributed by atoms with Crippen LogP contribution in [0.1, 0.15) is 100 Å². The first-order chi connectivity index (χ1) is 29.3. The highest BCUT2D eigenvalue weighted by molar-refractivity contribution is 7.48. The van der Waals surface area contributed by atoms with Crippen molar-refractivity contribution in [3.8, 4) is 5.75 Å². The molecule has 1 unspecified atom stereocenters. The molecule has 1 fully saturated rings. The second-order valence-corrected chi connectivity index (χ2v) is 23.1. The van der Waals surface area contributed by atoms with Gasteiger partial charge in [-0.25, -0.2) is 9.36 Å². The van der Waals surface area contributed by atoms with Gasteiger partial charge in [-0.15, -0.1) is 0 Å². The quantitative estimate of drug-likeness (QED) is 0.0282. The van der Waals surface area contributed by atoms with Crippen molar-refractivity contribution in [2.75, 3.05) is 6.61 Å². The smallest absolute Gasteiger partial charge is 0.475 e. The van der Waals surface area contributed by atoms with Crippen molar-refractivity contribution in [2.24, 2.45) is 17.8 Å². The van der Waals surface area contributed by atoms with Gasteiger partial charge in [0.1, 0.15) is 12.4 Å². The summed E-state index contributed by atoms with van der Waals surface area (Å²) in [6, 6.07) is 38.8. The van der Waals surface area contributed by atoms with E-state index in [2.05, 4.69) is 33.8 Å². The summed E-state index contributed by atoms with van der Waals surface area (Å²) < 4.78 is 52.7. The van der Waals surface area contributed by atoms with Crippen LogP contribution in [0.3, 0.4) is 0 Å². The molecule has 0 spiro atoms. The van der Waals surface area contributed by atoms with E-state index in [-0.39, 0.29) is 44.6 Å². The minimum atomic E-state index is -3.96. The van der Waals surface area contributed by atoms with E-state index in [0.29, 0.717) is 17.8 Å². The molecule has 0 aliphatic heterocycles. The Labute approximate surface area is 360 Å². The molecule has 0 radical (unpaired) electrons. The van der Waals surface area contributed by atoms with Gasteiger partial charge in [-0.2, -0.15) is 0 Å². The lowest BCUT2D eigenvalue weighted by molar-refractivity contribution is -0.147. The average molecular weight is 855 g/mol. The predicted molar refractivity (Wildman–Crippen MR) is 241 cm³/mol. The summed E-state index contributed by atoms with van der Waals surface area (Å²) in [6.07, 6.45) is 8.22. The number of hydrogen-bond acceptors (Lipinski definition) is 8. The van der Waals surface area contributed by atoms with Crippen molar-refractivity contribution in [1.29, 1.82) is 0 Å². The molecule has 6 rings (SSSR count). The fraction of sp³-hybridized carbons (Fsp3) is 0.500. The van der Waals surface area contributed by atoms with Gasteiger partial charge in [0.2, 0.25) is 0 Å². The van der Waals surface area contributed by atoms with E-state index in [1.807, 2.05) is 103 Å². The van der Waals surface area contributed by atoms with E-state index in [4.69, 9.17) is 27.5 Å². The van der Waals surface area contributed by atoms with Crippen molar-refractivity contribution in [3.05, 3.63) is 137 Å². The molecule has 0 N–H and O–H groups in total. The summed E-state index contributed by atoms with van der Waals surface area (Å²) in [5.41, 5.74) is 5.25. The van der Waals surface area contributed by atoms with Gasteiger partial charge in [-0.05, 0) is 108 Å². The number of fused-ring (bicyclic) bond motifs is 2. The number of phosphoric ester groups is 1. The number of phosphoric acid groups is 1. The number of benzene rings is 4. The van der Waals surface area contributed by atoms with Crippen LogP contribution >= 0.6 is 7.82 Å². The molecule has 60 heavy (non-hydrogen) atoms. The van der Waals surface area contributed by atoms with Crippen molar-refractivity contribution in [1.82, 2.24) is 0 Å². The maximum atomic E-state index is 14.6. The Bertz CT molecular complexity index is 1870. The van der Waals surface area contributed by atoms with Crippen molar-refractivity contribution in [2.45, 2.75) is 136 Å². The molecule has 1 saturated carbocycles. The Balaban J connectivity index is 1.19. The Kier molecular flexibility index (Phi) is 17.6. The first-order valence-corrected chi connectivity index (χ1v) is 26.5. The van der Waals surface area contributed by atoms with E-state index in [9.17, 15) is 9.36 Å². The van der Waals surface area contributed by atoms with Gasteiger partial charge in [0.25, 0.3) is 0 Å². The molecule has 0 aromatic heterocycles. The normalized spacial score (nSPS) is 19.3. The Morgan fingerprint density at radius 2 is 1.32 bits per heavy atom. The second kappa shape index (κ2) is 23.0. The van der Waals surface area contributed by atoms with Crippen LogP contribution in [0.4, 0.5) is 0 Å². The molecular weight excluding hydrogens is 788 g/mol. The number of rotatable bonds is 25. The lowest BCUT2D eigenvalue weighted by atomic mass is 9.73. The fourth-order valence-electron chi connectivity index (χ4n) is 9.27. The molecule has 0 heterocycles. The Hall–Kier alpha value is -3.56. The van der Waals surface area contributed by atoms with Crippen LogP contribution in [-0.2, 0) is 64.8 Å². The summed E-state index contributed by atoms with van der Waals surface area (Å²) in [6.45, 7) is 9.49. The summed E-state index contributed by atoms with van der Waals surface area (Å²) in [4.78, 5) is 12.7. The molecule has 4 aromatic carbocycles. The first kappa shape index (κ1) is 46.0. The summed E-state index contributed by atoms with van der Waals surface area (Å²) in [7, 11) is -5.90. The molecular formula is C50H67O8PSi. The molecule has 0 saturated heterocycles. The minimum Gasteiger partial charge on any atom is -0.482 e. The fourth-order valence-corrected chi connectivity index (χ4v) is 13.6. The zero-order valence-corrected chi connectivity index (χ0v) is 38.2. The maximum Gasteiger partial charge on any atom is 0.475 e. The van der Waals surface area contributed by atoms with Crippen LogP contribution in [0.5, 0.6) is 5.75 Å². The molecule has 324 valence electrons. The van der Waals surface area contributed by atoms with Crippen molar-refractivity contribution >= 4 is 22.1 Å². The van der Waals surface area contributed by atoms with Crippen LogP contribution in [0.2, 0.25) is 18.1 Å². The number of unbranched alkanes of at least 4 members (excludes halogenated alkanes) is 2. The van der Waals surface area contributed by atoms with E-state index in [1.165, 1.54) is 11.1 Å². The second-order valence-electron chi connectivity index (χ2n) is 16.7. The molecule has 2 aliphatic carbocycles. The molecule has 5 atom stereocenters. The third kappa shape index (κ3) is 13.0. The molecule has 0 bridgehead atoms. The maximum absolute atomic E-state index is 14.6. The molecule has 0 amide bonds. The van der Waals surface area contributed by atoms with E-state index >= 15 is 0 Å². The standard InChI is InChI=1S/C50H67O8PSi/c1-5-9-13-28-44(57-59(52,55-36-40-23-16-11-17-24-40)56-37-41-25-18-12-19-26-41)30-31-45-46-32-42-27-20-29-48(53-38-50(51)54-35-39-21-14-10-15-22-39)47(42)33-43(46)34-49(45)58-60(6-2,7-3)8-4/h10-12,14-27,29,43-46,49H,5-9,13,28,30-38H2,1-4H3/t43-,44-,45+,46-,49?/m0/s1. The van der Waals surface area contributed by atoms with Crippen molar-refractivity contribution in [3.63, 3.8) is 0 Å². The molecule has 4 aromatic rings. The van der Waals surface area contributed by atoms with Crippen molar-refractivity contribution < 1.29 is 36.8 Å². The number of esters is 1. The van der Waals surface area contributed by atoms with Gasteiger partial charge in [-0.1, -0.05) is 150 Å². The van der Waals surface area contributed by atoms with Crippen LogP contribution in [0.15, 0.2) is 109 Å². The van der Waals surface area contributed by atoms with E-state index < -0.39 is 16.1 Å².